The van der Waals surface area contributed by atoms with Crippen LogP contribution in [0.15, 0.2) is 12.2 Å². The second kappa shape index (κ2) is 19.5. The summed E-state index contributed by atoms with van der Waals surface area (Å²) in [5.74, 6) is 0. The summed E-state index contributed by atoms with van der Waals surface area (Å²) in [6.07, 6.45) is 20.6. The van der Waals surface area contributed by atoms with Gasteiger partial charge in [0.15, 0.2) is 0 Å². The van der Waals surface area contributed by atoms with Gasteiger partial charge in [-0.15, -0.1) is 0 Å². The lowest BCUT2D eigenvalue weighted by molar-refractivity contribution is -0.535. The molecule has 1 N–H and O–H groups in total. The number of aliphatic hydroxyl groups excluding tert-OH is 1. The molecule has 0 rings (SSSR count). The zero-order valence-electron chi connectivity index (χ0n) is 17.2. The molecule has 1 radical (unpaired) electrons. The Morgan fingerprint density at radius 3 is 1.96 bits per heavy atom. The van der Waals surface area contributed by atoms with Crippen LogP contribution < -0.4 is 0 Å². The first-order chi connectivity index (χ1) is 13.1. The molecule has 2 unspecified atom stereocenters. The average Bonchev–Trinajstić information content (AvgIpc) is 2.65. The Labute approximate surface area is 165 Å². The van der Waals surface area contributed by atoms with Crippen molar-refractivity contribution in [1.82, 2.24) is 0 Å². The number of unbranched alkanes of at least 4 members (excludes halogenated alkanes) is 12. The molecule has 0 heterocycles. The van der Waals surface area contributed by atoms with Crippen molar-refractivity contribution in [1.29, 1.82) is 0 Å². The summed E-state index contributed by atoms with van der Waals surface area (Å²) in [5.41, 5.74) is 0. The third-order valence-electron chi connectivity index (χ3n) is 5.12. The first-order valence-corrected chi connectivity index (χ1v) is 11.0. The molecule has 27 heavy (non-hydrogen) atoms. The summed E-state index contributed by atoms with van der Waals surface area (Å²) in [6.45, 7) is 2.13. The molecule has 0 bridgehead atoms. The quantitative estimate of drug-likeness (QED) is 0.123. The SMILES string of the molecule is CCCCCCC(O)C(CCCCCCCCCCC/C=C/[C]=O)[N+](=O)[O-]. The van der Waals surface area contributed by atoms with Crippen LogP contribution in [-0.4, -0.2) is 28.5 Å². The lowest BCUT2D eigenvalue weighted by atomic mass is 9.98. The molecule has 0 amide bonds. The molecule has 5 heteroatoms. The second-order valence-electron chi connectivity index (χ2n) is 7.55. The van der Waals surface area contributed by atoms with E-state index in [9.17, 15) is 20.0 Å². The third kappa shape index (κ3) is 16.7. The molecule has 0 spiro atoms. The number of nitrogens with zero attached hydrogens (tertiary/aromatic N) is 1. The Balaban J connectivity index is 3.59. The summed E-state index contributed by atoms with van der Waals surface area (Å²) >= 11 is 0. The number of allylic oxidation sites excluding steroid dienone is 2. The van der Waals surface area contributed by atoms with Gasteiger partial charge in [0.1, 0.15) is 6.10 Å². The minimum atomic E-state index is -0.795. The topological polar surface area (TPSA) is 80.4 Å². The summed E-state index contributed by atoms with van der Waals surface area (Å²) in [6, 6.07) is -0.794. The van der Waals surface area contributed by atoms with Crippen molar-refractivity contribution in [3.8, 4) is 0 Å². The van der Waals surface area contributed by atoms with E-state index in [0.29, 0.717) is 12.8 Å². The number of hydrogen-bond donors (Lipinski definition) is 1. The predicted molar refractivity (Wildman–Crippen MR) is 111 cm³/mol. The maximum Gasteiger partial charge on any atom is 0.238 e. The Morgan fingerprint density at radius 1 is 0.889 bits per heavy atom. The Kier molecular flexibility index (Phi) is 18.6. The van der Waals surface area contributed by atoms with Gasteiger partial charge < -0.3 is 5.11 Å². The van der Waals surface area contributed by atoms with Gasteiger partial charge in [0.05, 0.1) is 0 Å². The molecule has 5 nitrogen and oxygen atoms in total. The van der Waals surface area contributed by atoms with Crippen LogP contribution >= 0.6 is 0 Å². The van der Waals surface area contributed by atoms with Gasteiger partial charge in [-0.25, -0.2) is 0 Å². The number of aliphatic hydroxyl groups is 1. The van der Waals surface area contributed by atoms with E-state index in [0.717, 1.165) is 57.8 Å². The van der Waals surface area contributed by atoms with E-state index in [4.69, 9.17) is 0 Å². The molecule has 0 aliphatic rings. The second-order valence-corrected chi connectivity index (χ2v) is 7.55. The molecule has 0 aliphatic carbocycles. The van der Waals surface area contributed by atoms with Gasteiger partial charge in [-0.05, 0) is 31.8 Å². The van der Waals surface area contributed by atoms with Crippen molar-refractivity contribution in [2.45, 2.75) is 122 Å². The highest BCUT2D eigenvalue weighted by molar-refractivity contribution is 5.65. The number of carbonyl (C=O) groups excluding carboxylic acids is 1. The smallest absolute Gasteiger partial charge is 0.238 e. The van der Waals surface area contributed by atoms with Crippen molar-refractivity contribution in [2.75, 3.05) is 0 Å². The minimum absolute atomic E-state index is 0.285. The first kappa shape index (κ1) is 25.8. The highest BCUT2D eigenvalue weighted by atomic mass is 16.6. The molecule has 0 fully saturated rings. The van der Waals surface area contributed by atoms with E-state index >= 15 is 0 Å². The Morgan fingerprint density at radius 2 is 1.41 bits per heavy atom. The minimum Gasteiger partial charge on any atom is -0.386 e. The third-order valence-corrected chi connectivity index (χ3v) is 5.12. The Hall–Kier alpha value is -1.23. The fourth-order valence-electron chi connectivity index (χ4n) is 3.40. The summed E-state index contributed by atoms with van der Waals surface area (Å²) in [5, 5.41) is 21.3. The highest BCUT2D eigenvalue weighted by Crippen LogP contribution is 2.17. The van der Waals surface area contributed by atoms with Crippen LogP contribution in [0.25, 0.3) is 0 Å². The van der Waals surface area contributed by atoms with Gasteiger partial charge in [-0.3, -0.25) is 14.9 Å². The van der Waals surface area contributed by atoms with Crippen LogP contribution in [0.4, 0.5) is 0 Å². The number of hydrogen-bond acceptors (Lipinski definition) is 4. The largest absolute Gasteiger partial charge is 0.386 e. The van der Waals surface area contributed by atoms with Gasteiger partial charge >= 0.3 is 0 Å². The van der Waals surface area contributed by atoms with Gasteiger partial charge in [-0.2, -0.15) is 0 Å². The van der Waals surface area contributed by atoms with Crippen molar-refractivity contribution in [2.24, 2.45) is 0 Å². The van der Waals surface area contributed by atoms with Crippen LogP contribution in [0.2, 0.25) is 0 Å². The van der Waals surface area contributed by atoms with Crippen molar-refractivity contribution >= 4 is 6.29 Å². The summed E-state index contributed by atoms with van der Waals surface area (Å²) in [4.78, 5) is 20.9. The van der Waals surface area contributed by atoms with Crippen LogP contribution in [0.1, 0.15) is 110 Å². The monoisotopic (exact) mass is 382 g/mol. The van der Waals surface area contributed by atoms with E-state index in [1.165, 1.54) is 38.2 Å². The maximum atomic E-state index is 11.2. The van der Waals surface area contributed by atoms with Crippen LogP contribution in [0.5, 0.6) is 0 Å². The average molecular weight is 383 g/mol. The molecular formula is C22H40NO4. The van der Waals surface area contributed by atoms with E-state index in [-0.39, 0.29) is 4.92 Å². The molecule has 0 aromatic carbocycles. The molecule has 0 aromatic heterocycles. The fraction of sp³-hybridized carbons (Fsp3) is 0.864. The maximum absolute atomic E-state index is 11.2. The van der Waals surface area contributed by atoms with Crippen molar-refractivity contribution in [3.63, 3.8) is 0 Å². The molecule has 157 valence electrons. The predicted octanol–water partition coefficient (Wildman–Crippen LogP) is 5.92. The van der Waals surface area contributed by atoms with Crippen LogP contribution in [-0.2, 0) is 4.79 Å². The number of nitro groups is 1. The highest BCUT2D eigenvalue weighted by Gasteiger charge is 2.28. The standard InChI is InChI=1S/C22H40NO4/c1-2-3-4-16-19-22(25)21(23(26)27)18-15-13-11-9-7-5-6-8-10-12-14-17-20-24/h14,17,21-22,25H,2-13,15-16,18-19H2,1H3/b17-14+. The van der Waals surface area contributed by atoms with Crippen LogP contribution in [0, 0.1) is 10.1 Å². The summed E-state index contributed by atoms with van der Waals surface area (Å²) in [7, 11) is 0. The molecule has 0 saturated carbocycles. The molecule has 2 atom stereocenters. The van der Waals surface area contributed by atoms with Gasteiger partial charge in [0.25, 0.3) is 0 Å². The zero-order chi connectivity index (χ0) is 20.2. The lowest BCUT2D eigenvalue weighted by Gasteiger charge is -2.16. The molecule has 0 saturated heterocycles. The van der Waals surface area contributed by atoms with Crippen LogP contribution in [0.3, 0.4) is 0 Å². The molecule has 0 aliphatic heterocycles. The fourth-order valence-corrected chi connectivity index (χ4v) is 3.40. The molecular weight excluding hydrogens is 342 g/mol. The van der Waals surface area contributed by atoms with E-state index in [2.05, 4.69) is 6.92 Å². The van der Waals surface area contributed by atoms with E-state index in [1.54, 1.807) is 6.29 Å². The Bertz CT molecular complexity index is 385. The number of rotatable bonds is 20. The summed E-state index contributed by atoms with van der Waals surface area (Å²) < 4.78 is 0. The van der Waals surface area contributed by atoms with Gasteiger partial charge in [0, 0.05) is 11.3 Å². The van der Waals surface area contributed by atoms with E-state index in [1.807, 2.05) is 6.08 Å². The molecule has 0 aromatic rings. The van der Waals surface area contributed by atoms with Crippen molar-refractivity contribution < 1.29 is 14.8 Å². The normalized spacial score (nSPS) is 13.7. The first-order valence-electron chi connectivity index (χ1n) is 11.0. The zero-order valence-corrected chi connectivity index (χ0v) is 17.2. The van der Waals surface area contributed by atoms with Crippen molar-refractivity contribution in [3.05, 3.63) is 22.3 Å². The van der Waals surface area contributed by atoms with Gasteiger partial charge in [-0.1, -0.05) is 83.6 Å². The van der Waals surface area contributed by atoms with Gasteiger partial charge in [0.2, 0.25) is 12.3 Å². The lowest BCUT2D eigenvalue weighted by Crippen LogP contribution is -2.33. The van der Waals surface area contributed by atoms with E-state index < -0.39 is 12.1 Å².